The molecule has 23 heavy (non-hydrogen) atoms. The van der Waals surface area contributed by atoms with Crippen molar-refractivity contribution in [2.45, 2.75) is 25.4 Å². The maximum absolute atomic E-state index is 13.1. The van der Waals surface area contributed by atoms with Crippen LogP contribution < -0.4 is 4.74 Å². The second-order valence-electron chi connectivity index (χ2n) is 5.41. The maximum Gasteiger partial charge on any atom is 0.273 e. The van der Waals surface area contributed by atoms with E-state index >= 15 is 0 Å². The number of rotatable bonds is 5. The molecule has 1 aliphatic heterocycles. The molecule has 7 heteroatoms. The SMILES string of the molecule is O=C(CCc1ccc(F)c(Cl)c1)N1CCC(Oc2nccs2)C1. The fraction of sp³-hybridized carbons (Fsp3) is 0.375. The summed E-state index contributed by atoms with van der Waals surface area (Å²) in [6.07, 6.45) is 3.45. The zero-order chi connectivity index (χ0) is 16.2. The first-order valence-corrected chi connectivity index (χ1v) is 8.65. The molecule has 1 aromatic heterocycles. The van der Waals surface area contributed by atoms with Crippen molar-refractivity contribution in [1.29, 1.82) is 0 Å². The van der Waals surface area contributed by atoms with Gasteiger partial charge in [0.15, 0.2) is 0 Å². The van der Waals surface area contributed by atoms with Crippen LogP contribution in [0.4, 0.5) is 4.39 Å². The van der Waals surface area contributed by atoms with Gasteiger partial charge in [0.25, 0.3) is 5.19 Å². The fourth-order valence-corrected chi connectivity index (χ4v) is 3.32. The van der Waals surface area contributed by atoms with E-state index in [0.717, 1.165) is 12.0 Å². The highest BCUT2D eigenvalue weighted by molar-refractivity contribution is 7.11. The number of hydrogen-bond acceptors (Lipinski definition) is 4. The Balaban J connectivity index is 1.48. The van der Waals surface area contributed by atoms with Gasteiger partial charge in [-0.1, -0.05) is 29.0 Å². The number of amides is 1. The lowest BCUT2D eigenvalue weighted by Gasteiger charge is -2.16. The average molecular weight is 355 g/mol. The van der Waals surface area contributed by atoms with E-state index in [-0.39, 0.29) is 17.0 Å². The van der Waals surface area contributed by atoms with E-state index in [0.29, 0.717) is 31.1 Å². The molecule has 1 amide bonds. The Morgan fingerprint density at radius 2 is 2.39 bits per heavy atom. The van der Waals surface area contributed by atoms with E-state index in [1.807, 2.05) is 10.3 Å². The summed E-state index contributed by atoms with van der Waals surface area (Å²) in [4.78, 5) is 18.2. The first-order valence-electron chi connectivity index (χ1n) is 7.39. The summed E-state index contributed by atoms with van der Waals surface area (Å²) in [5.41, 5.74) is 0.861. The summed E-state index contributed by atoms with van der Waals surface area (Å²) in [6, 6.07) is 4.56. The van der Waals surface area contributed by atoms with Crippen LogP contribution in [0.1, 0.15) is 18.4 Å². The van der Waals surface area contributed by atoms with Gasteiger partial charge in [0.2, 0.25) is 5.91 Å². The van der Waals surface area contributed by atoms with Gasteiger partial charge in [0.05, 0.1) is 11.6 Å². The van der Waals surface area contributed by atoms with Crippen LogP contribution in [0, 0.1) is 5.82 Å². The minimum atomic E-state index is -0.441. The van der Waals surface area contributed by atoms with Crippen molar-refractivity contribution in [2.24, 2.45) is 0 Å². The number of likely N-dealkylation sites (tertiary alicyclic amines) is 1. The average Bonchev–Trinajstić information content (AvgIpc) is 3.20. The zero-order valence-electron chi connectivity index (χ0n) is 12.4. The van der Waals surface area contributed by atoms with E-state index in [1.165, 1.54) is 17.4 Å². The molecule has 1 aliphatic rings. The number of ether oxygens (including phenoxy) is 1. The quantitative estimate of drug-likeness (QED) is 0.824. The maximum atomic E-state index is 13.1. The topological polar surface area (TPSA) is 42.4 Å². The van der Waals surface area contributed by atoms with Crippen molar-refractivity contribution >= 4 is 28.8 Å². The van der Waals surface area contributed by atoms with E-state index in [9.17, 15) is 9.18 Å². The Bertz CT molecular complexity index is 681. The molecule has 0 aliphatic carbocycles. The highest BCUT2D eigenvalue weighted by Crippen LogP contribution is 2.21. The monoisotopic (exact) mass is 354 g/mol. The standard InChI is InChI=1S/C16H16ClFN2O2S/c17-13-9-11(1-3-14(13)18)2-4-15(21)20-7-5-12(10-20)22-16-19-6-8-23-16/h1,3,6,8-9,12H,2,4-5,7,10H2. The van der Waals surface area contributed by atoms with Crippen LogP contribution in [0.15, 0.2) is 29.8 Å². The van der Waals surface area contributed by atoms with Gasteiger partial charge in [0.1, 0.15) is 11.9 Å². The lowest BCUT2D eigenvalue weighted by molar-refractivity contribution is -0.130. The third-order valence-electron chi connectivity index (χ3n) is 3.79. The lowest BCUT2D eigenvalue weighted by atomic mass is 10.1. The molecular weight excluding hydrogens is 339 g/mol. The van der Waals surface area contributed by atoms with E-state index in [1.54, 1.807) is 18.3 Å². The van der Waals surface area contributed by atoms with E-state index in [4.69, 9.17) is 16.3 Å². The minimum Gasteiger partial charge on any atom is -0.465 e. The van der Waals surface area contributed by atoms with E-state index in [2.05, 4.69) is 4.98 Å². The molecule has 4 nitrogen and oxygen atoms in total. The number of halogens is 2. The highest BCUT2D eigenvalue weighted by Gasteiger charge is 2.27. The van der Waals surface area contributed by atoms with Crippen molar-refractivity contribution in [1.82, 2.24) is 9.88 Å². The Morgan fingerprint density at radius 1 is 1.52 bits per heavy atom. The number of aryl methyl sites for hydroxylation is 1. The van der Waals surface area contributed by atoms with Crippen LogP contribution in [-0.4, -0.2) is 35.0 Å². The van der Waals surface area contributed by atoms with Gasteiger partial charge < -0.3 is 9.64 Å². The fourth-order valence-electron chi connectivity index (χ4n) is 2.57. The molecular formula is C16H16ClFN2O2S. The van der Waals surface area contributed by atoms with Crippen molar-refractivity contribution in [3.63, 3.8) is 0 Å². The summed E-state index contributed by atoms with van der Waals surface area (Å²) in [6.45, 7) is 1.28. The predicted molar refractivity (Wildman–Crippen MR) is 87.5 cm³/mol. The van der Waals surface area contributed by atoms with Gasteiger partial charge in [-0.25, -0.2) is 9.37 Å². The van der Waals surface area contributed by atoms with Gasteiger partial charge in [0, 0.05) is 31.0 Å². The summed E-state index contributed by atoms with van der Waals surface area (Å²) < 4.78 is 18.9. The van der Waals surface area contributed by atoms with Gasteiger partial charge in [-0.15, -0.1) is 0 Å². The molecule has 0 N–H and O–H groups in total. The number of benzene rings is 1. The number of nitrogens with zero attached hydrogens (tertiary/aromatic N) is 2. The second-order valence-corrected chi connectivity index (χ2v) is 6.68. The molecule has 0 bridgehead atoms. The van der Waals surface area contributed by atoms with Crippen LogP contribution in [0.3, 0.4) is 0 Å². The molecule has 1 unspecified atom stereocenters. The number of carbonyl (C=O) groups excluding carboxylic acids is 1. The Kier molecular flexibility index (Phi) is 5.13. The van der Waals surface area contributed by atoms with Gasteiger partial charge in [-0.05, 0) is 24.1 Å². The third kappa shape index (κ3) is 4.20. The number of carbonyl (C=O) groups is 1. The van der Waals surface area contributed by atoms with Gasteiger partial charge in [-0.2, -0.15) is 0 Å². The third-order valence-corrected chi connectivity index (χ3v) is 4.74. The summed E-state index contributed by atoms with van der Waals surface area (Å²) in [5.74, 6) is -0.362. The molecule has 2 heterocycles. The van der Waals surface area contributed by atoms with Gasteiger partial charge in [-0.3, -0.25) is 4.79 Å². The molecule has 1 fully saturated rings. The van der Waals surface area contributed by atoms with Crippen LogP contribution in [0.25, 0.3) is 0 Å². The molecule has 3 rings (SSSR count). The number of thiazole rings is 1. The molecule has 0 radical (unpaired) electrons. The smallest absolute Gasteiger partial charge is 0.273 e. The molecule has 0 saturated carbocycles. The van der Waals surface area contributed by atoms with Crippen molar-refractivity contribution in [3.8, 4) is 5.19 Å². The van der Waals surface area contributed by atoms with Crippen LogP contribution in [0.2, 0.25) is 5.02 Å². The summed E-state index contributed by atoms with van der Waals surface area (Å²) >= 11 is 7.20. The molecule has 1 saturated heterocycles. The normalized spacial score (nSPS) is 17.5. The Hall–Kier alpha value is -1.66. The van der Waals surface area contributed by atoms with Crippen molar-refractivity contribution < 1.29 is 13.9 Å². The van der Waals surface area contributed by atoms with Gasteiger partial charge >= 0.3 is 0 Å². The van der Waals surface area contributed by atoms with Crippen LogP contribution >= 0.6 is 22.9 Å². The molecule has 2 aromatic rings. The summed E-state index contributed by atoms with van der Waals surface area (Å²) in [5, 5.41) is 2.60. The summed E-state index contributed by atoms with van der Waals surface area (Å²) in [7, 11) is 0. The molecule has 0 spiro atoms. The Morgan fingerprint density at radius 3 is 3.13 bits per heavy atom. The Labute approximate surface area is 142 Å². The van der Waals surface area contributed by atoms with Crippen molar-refractivity contribution in [3.05, 3.63) is 46.2 Å². The van der Waals surface area contributed by atoms with E-state index < -0.39 is 5.82 Å². The highest BCUT2D eigenvalue weighted by atomic mass is 35.5. The predicted octanol–water partition coefficient (Wildman–Crippen LogP) is 3.55. The number of aromatic nitrogens is 1. The first kappa shape index (κ1) is 16.2. The molecule has 1 aromatic carbocycles. The number of hydrogen-bond donors (Lipinski definition) is 0. The largest absolute Gasteiger partial charge is 0.465 e. The van der Waals surface area contributed by atoms with Crippen LogP contribution in [0.5, 0.6) is 5.19 Å². The lowest BCUT2D eigenvalue weighted by Crippen LogP contribution is -2.31. The zero-order valence-corrected chi connectivity index (χ0v) is 13.9. The second kappa shape index (κ2) is 7.27. The van der Waals surface area contributed by atoms with Crippen molar-refractivity contribution in [2.75, 3.05) is 13.1 Å². The molecule has 1 atom stereocenters. The minimum absolute atomic E-state index is 0.00497. The van der Waals surface area contributed by atoms with Crippen LogP contribution in [-0.2, 0) is 11.2 Å². The molecule has 122 valence electrons. The first-order chi connectivity index (χ1) is 11.1.